The minimum absolute atomic E-state index is 0.121. The zero-order valence-electron chi connectivity index (χ0n) is 38.2. The Morgan fingerprint density at radius 3 is 1.50 bits per heavy atom. The minimum atomic E-state index is -1.14. The zero-order chi connectivity index (χ0) is 46.9. The lowest BCUT2D eigenvalue weighted by Crippen LogP contribution is -2.51. The van der Waals surface area contributed by atoms with Gasteiger partial charge in [-0.1, -0.05) is 64.3 Å². The standard InChI is InChI=1S/C45H75N7O8S2/c1-31(2)13-9-14-32(3)15-10-17-35(6)25-28-62-30-39(44(58)59)51-42(55)37(47-8)23-26-48-45(60)49-36(7)20-12-19-33(4)16-11-18-34(5)24-27-61-29-38(43(56)57)50-40(53)21-22-41(54)52-46/h13,15-16,20,24-25,37-39,47H,9-12,14,17-19,21-23,26-30,46H2,1-8H3,(H,50,53)(H,51,55)(H,52,54)(H,56,57)(H,58,59)(H2,48,49,60)/b32-15+,33-16+,34-24+,35-25+,36-20+/t37?,38-,39-/m0/s1. The van der Waals surface area contributed by atoms with Crippen molar-refractivity contribution in [3.63, 3.8) is 0 Å². The van der Waals surface area contributed by atoms with Gasteiger partial charge in [0.05, 0.1) is 6.04 Å². The number of hydrogen-bond acceptors (Lipinski definition) is 10. The van der Waals surface area contributed by atoms with Crippen molar-refractivity contribution in [2.45, 2.75) is 137 Å². The number of carboxylic acids is 2. The molecule has 0 bridgehead atoms. The number of nitrogens with one attached hydrogen (secondary N) is 6. The summed E-state index contributed by atoms with van der Waals surface area (Å²) >= 11 is 2.85. The first-order valence-electron chi connectivity index (χ1n) is 21.2. The molecule has 0 radical (unpaired) electrons. The molecule has 0 aliphatic heterocycles. The monoisotopic (exact) mass is 906 g/mol. The van der Waals surface area contributed by atoms with Crippen LogP contribution in [0.1, 0.15) is 119 Å². The van der Waals surface area contributed by atoms with Gasteiger partial charge in [0.15, 0.2) is 0 Å². The number of carboxylic acid groups (broad SMARTS) is 2. The quantitative estimate of drug-likeness (QED) is 0.0114. The van der Waals surface area contributed by atoms with E-state index in [9.17, 15) is 39.0 Å². The fraction of sp³-hybridized carbons (Fsp3) is 0.600. The summed E-state index contributed by atoms with van der Waals surface area (Å²) < 4.78 is 0. The number of rotatable bonds is 33. The Bertz CT molecular complexity index is 1620. The molecule has 0 aromatic heterocycles. The first kappa shape index (κ1) is 57.7. The molecule has 0 heterocycles. The summed E-state index contributed by atoms with van der Waals surface area (Å²) in [5.74, 6) is 2.97. The lowest BCUT2D eigenvalue weighted by atomic mass is 10.1. The third-order valence-corrected chi connectivity index (χ3v) is 11.4. The van der Waals surface area contributed by atoms with Crippen molar-refractivity contribution in [1.29, 1.82) is 0 Å². The van der Waals surface area contributed by atoms with Gasteiger partial charge in [0.1, 0.15) is 12.1 Å². The number of hydrazine groups is 1. The first-order valence-corrected chi connectivity index (χ1v) is 23.5. The van der Waals surface area contributed by atoms with Crippen LogP contribution in [0, 0.1) is 0 Å². The van der Waals surface area contributed by atoms with Crippen LogP contribution in [0.25, 0.3) is 0 Å². The Morgan fingerprint density at radius 1 is 0.581 bits per heavy atom. The first-order chi connectivity index (χ1) is 29.4. The molecule has 0 rings (SSSR count). The van der Waals surface area contributed by atoms with E-state index in [0.29, 0.717) is 17.2 Å². The predicted molar refractivity (Wildman–Crippen MR) is 254 cm³/mol. The summed E-state index contributed by atoms with van der Waals surface area (Å²) in [6.07, 6.45) is 20.1. The summed E-state index contributed by atoms with van der Waals surface area (Å²) in [7, 11) is 1.62. The Hall–Kier alpha value is -4.32. The highest BCUT2D eigenvalue weighted by molar-refractivity contribution is 7.99. The predicted octanol–water partition coefficient (Wildman–Crippen LogP) is 6.42. The lowest BCUT2D eigenvalue weighted by Gasteiger charge is -2.20. The van der Waals surface area contributed by atoms with Crippen LogP contribution >= 0.6 is 23.5 Å². The second kappa shape index (κ2) is 35.2. The summed E-state index contributed by atoms with van der Waals surface area (Å²) in [6, 6.07) is -3.17. The SMILES string of the molecule is CNC(CCNC(=O)N/C(C)=C/CC/C(C)=C/CC/C(C)=C/CSC[C@H](NC(=O)CCC(=O)NN)C(=O)O)C(=O)N[C@@H](CSC/C=C(\C)CC/C=C(\C)CCC=C(C)C)C(=O)O. The maximum atomic E-state index is 12.9. The Morgan fingerprint density at radius 2 is 1.03 bits per heavy atom. The fourth-order valence-corrected chi connectivity index (χ4v) is 7.58. The third-order valence-electron chi connectivity index (χ3n) is 9.49. The van der Waals surface area contributed by atoms with Gasteiger partial charge in [0.25, 0.3) is 0 Å². The van der Waals surface area contributed by atoms with Crippen molar-refractivity contribution < 1.29 is 39.0 Å². The van der Waals surface area contributed by atoms with Crippen molar-refractivity contribution in [2.24, 2.45) is 5.84 Å². The van der Waals surface area contributed by atoms with Gasteiger partial charge in [-0.15, -0.1) is 0 Å². The van der Waals surface area contributed by atoms with Gasteiger partial charge in [-0.05, 0) is 113 Å². The molecular formula is C45H75N7O8S2. The highest BCUT2D eigenvalue weighted by Crippen LogP contribution is 2.15. The van der Waals surface area contributed by atoms with Gasteiger partial charge < -0.3 is 36.8 Å². The van der Waals surface area contributed by atoms with Crippen LogP contribution in [-0.2, 0) is 24.0 Å². The highest BCUT2D eigenvalue weighted by Gasteiger charge is 2.24. The molecule has 0 spiro atoms. The third kappa shape index (κ3) is 31.5. The van der Waals surface area contributed by atoms with Crippen LogP contribution < -0.4 is 37.9 Å². The molecule has 10 N–H and O–H groups in total. The normalized spacial score (nSPS) is 14.0. The van der Waals surface area contributed by atoms with Crippen molar-refractivity contribution in [3.8, 4) is 0 Å². The molecule has 15 nitrogen and oxygen atoms in total. The highest BCUT2D eigenvalue weighted by atomic mass is 32.2. The molecule has 3 atom stereocenters. The molecule has 350 valence electrons. The van der Waals surface area contributed by atoms with Crippen LogP contribution in [0.4, 0.5) is 4.79 Å². The molecule has 62 heavy (non-hydrogen) atoms. The number of carbonyl (C=O) groups is 6. The fourth-order valence-electron chi connectivity index (χ4n) is 5.58. The van der Waals surface area contributed by atoms with Crippen LogP contribution in [0.15, 0.2) is 70.0 Å². The average Bonchev–Trinajstić information content (AvgIpc) is 3.20. The van der Waals surface area contributed by atoms with Crippen LogP contribution in [0.2, 0.25) is 0 Å². The molecule has 0 fully saturated rings. The maximum absolute atomic E-state index is 12.9. The molecule has 0 aliphatic carbocycles. The second-order valence-electron chi connectivity index (χ2n) is 15.5. The van der Waals surface area contributed by atoms with Crippen molar-refractivity contribution in [1.82, 2.24) is 32.0 Å². The largest absolute Gasteiger partial charge is 0.480 e. The lowest BCUT2D eigenvalue weighted by molar-refractivity contribution is -0.141. The van der Waals surface area contributed by atoms with E-state index in [0.717, 1.165) is 51.4 Å². The van der Waals surface area contributed by atoms with Crippen LogP contribution in [0.5, 0.6) is 0 Å². The summed E-state index contributed by atoms with van der Waals surface area (Å²) in [4.78, 5) is 72.0. The number of allylic oxidation sites excluding steroid dienone is 10. The molecule has 17 heteroatoms. The molecule has 0 aromatic carbocycles. The van der Waals surface area contributed by atoms with E-state index in [4.69, 9.17) is 5.84 Å². The molecular weight excluding hydrogens is 831 g/mol. The number of nitrogens with two attached hydrogens (primary N) is 1. The second-order valence-corrected chi connectivity index (χ2v) is 17.7. The number of urea groups is 1. The van der Waals surface area contributed by atoms with Gasteiger partial charge in [0.2, 0.25) is 17.7 Å². The molecule has 1 unspecified atom stereocenters. The van der Waals surface area contributed by atoms with E-state index in [2.05, 4.69) is 85.5 Å². The van der Waals surface area contributed by atoms with E-state index in [1.165, 1.54) is 51.4 Å². The molecule has 0 aliphatic rings. The van der Waals surface area contributed by atoms with E-state index in [-0.39, 0.29) is 37.3 Å². The number of thioether (sulfide) groups is 2. The summed E-state index contributed by atoms with van der Waals surface area (Å²) in [5.41, 5.74) is 8.98. The minimum Gasteiger partial charge on any atom is -0.480 e. The zero-order valence-corrected chi connectivity index (χ0v) is 39.9. The Balaban J connectivity index is 4.55. The van der Waals surface area contributed by atoms with Gasteiger partial charge in [-0.2, -0.15) is 23.5 Å². The molecule has 0 saturated heterocycles. The van der Waals surface area contributed by atoms with E-state index in [1.807, 2.05) is 24.5 Å². The van der Waals surface area contributed by atoms with Crippen LogP contribution in [0.3, 0.4) is 0 Å². The van der Waals surface area contributed by atoms with E-state index in [1.54, 1.807) is 14.0 Å². The van der Waals surface area contributed by atoms with Crippen molar-refractivity contribution in [3.05, 3.63) is 70.0 Å². The van der Waals surface area contributed by atoms with E-state index < -0.39 is 53.8 Å². The number of aliphatic carboxylic acids is 2. The van der Waals surface area contributed by atoms with Crippen molar-refractivity contribution >= 4 is 59.2 Å². The van der Waals surface area contributed by atoms with Gasteiger partial charge in [-0.25, -0.2) is 20.2 Å². The molecule has 0 saturated carbocycles. The number of likely N-dealkylation sites (N-methyl/N-ethyl adjacent to an activating group) is 1. The Labute approximate surface area is 378 Å². The topological polar surface area (TPSA) is 241 Å². The summed E-state index contributed by atoms with van der Waals surface area (Å²) in [5, 5.41) is 32.7. The van der Waals surface area contributed by atoms with Gasteiger partial charge in [0, 0.05) is 48.1 Å². The number of carbonyl (C=O) groups excluding carboxylic acids is 4. The van der Waals surface area contributed by atoms with Crippen molar-refractivity contribution in [2.75, 3.05) is 36.6 Å². The van der Waals surface area contributed by atoms with Gasteiger partial charge in [-0.3, -0.25) is 19.8 Å². The number of hydrogen-bond donors (Lipinski definition) is 9. The van der Waals surface area contributed by atoms with Gasteiger partial charge >= 0.3 is 18.0 Å². The molecule has 5 amide bonds. The van der Waals surface area contributed by atoms with E-state index >= 15 is 0 Å². The maximum Gasteiger partial charge on any atom is 0.327 e. The smallest absolute Gasteiger partial charge is 0.327 e. The summed E-state index contributed by atoms with van der Waals surface area (Å²) in [6.45, 7) is 14.6. The van der Waals surface area contributed by atoms with Crippen LogP contribution in [-0.4, -0.2) is 101 Å². The Kier molecular flexibility index (Phi) is 32.7. The number of amides is 5. The average molecular weight is 906 g/mol. The molecule has 0 aromatic rings.